The van der Waals surface area contributed by atoms with Gasteiger partial charge in [-0.25, -0.2) is 0 Å². The van der Waals surface area contributed by atoms with Gasteiger partial charge in [-0.05, 0) is 41.9 Å². The lowest BCUT2D eigenvalue weighted by Crippen LogP contribution is -2.46. The average molecular weight is 308 g/mol. The van der Waals surface area contributed by atoms with Crippen LogP contribution in [0.15, 0.2) is 24.3 Å². The molecule has 0 aromatic heterocycles. The Morgan fingerprint density at radius 1 is 1.19 bits per heavy atom. The average Bonchev–Trinajstić information content (AvgIpc) is 2.49. The summed E-state index contributed by atoms with van der Waals surface area (Å²) < 4.78 is 12.1. The van der Waals surface area contributed by atoms with E-state index in [0.717, 1.165) is 38.0 Å². The van der Waals surface area contributed by atoms with Crippen LogP contribution in [0.2, 0.25) is 0 Å². The summed E-state index contributed by atoms with van der Waals surface area (Å²) in [5.74, 6) is 3.14. The lowest BCUT2D eigenvalue weighted by Gasteiger charge is -2.43. The first kappa shape index (κ1) is 15.2. The van der Waals surface area contributed by atoms with Crippen molar-refractivity contribution < 1.29 is 19.5 Å². The molecule has 0 amide bonds. The summed E-state index contributed by atoms with van der Waals surface area (Å²) in [4.78, 5) is 0. The van der Waals surface area contributed by atoms with Crippen molar-refractivity contribution in [3.8, 4) is 5.75 Å². The van der Waals surface area contributed by atoms with Gasteiger partial charge in [-0.1, -0.05) is 12.1 Å². The Bertz CT molecular complexity index is 454. The van der Waals surface area contributed by atoms with Gasteiger partial charge in [0.1, 0.15) is 11.9 Å². The molecule has 2 fully saturated rings. The van der Waals surface area contributed by atoms with Crippen LogP contribution in [0.25, 0.3) is 0 Å². The Labute approximate surface area is 130 Å². The lowest BCUT2D eigenvalue weighted by atomic mass is 9.80. The third-order valence-corrected chi connectivity index (χ3v) is 5.32. The smallest absolute Gasteiger partial charge is 0.488 e. The summed E-state index contributed by atoms with van der Waals surface area (Å²) in [6, 6.07) is 6.97. The maximum absolute atomic E-state index is 9.10. The third kappa shape index (κ3) is 3.75. The lowest BCUT2D eigenvalue weighted by molar-refractivity contribution is -0.116. The molecule has 0 bridgehead atoms. The number of rotatable bonds is 3. The van der Waals surface area contributed by atoms with Crippen molar-refractivity contribution in [2.75, 3.05) is 18.1 Å². The second-order valence-corrected chi connectivity index (χ2v) is 7.04. The molecule has 2 aliphatic heterocycles. The molecule has 1 aromatic carbocycles. The van der Waals surface area contributed by atoms with Gasteiger partial charge in [-0.3, -0.25) is 0 Å². The Morgan fingerprint density at radius 3 is 2.57 bits per heavy atom. The van der Waals surface area contributed by atoms with Crippen LogP contribution in [-0.2, 0) is 4.74 Å². The molecule has 0 radical (unpaired) electrons. The van der Waals surface area contributed by atoms with Gasteiger partial charge in [-0.15, -0.1) is 0 Å². The number of ether oxygens (including phenoxy) is 2. The molecule has 21 heavy (non-hydrogen) atoms. The van der Waals surface area contributed by atoms with Gasteiger partial charge in [-0.2, -0.15) is 11.8 Å². The van der Waals surface area contributed by atoms with Crippen LogP contribution in [0.5, 0.6) is 5.75 Å². The molecular formula is C15H21BO4S. The van der Waals surface area contributed by atoms with E-state index in [0.29, 0.717) is 5.46 Å². The summed E-state index contributed by atoms with van der Waals surface area (Å²) in [5, 5.41) is 18.2. The highest BCUT2D eigenvalue weighted by Crippen LogP contribution is 2.38. The van der Waals surface area contributed by atoms with Crippen molar-refractivity contribution in [2.24, 2.45) is 0 Å². The van der Waals surface area contributed by atoms with Crippen molar-refractivity contribution in [2.45, 2.75) is 37.4 Å². The molecule has 4 nitrogen and oxygen atoms in total. The first-order valence-electron chi connectivity index (χ1n) is 7.51. The summed E-state index contributed by atoms with van der Waals surface area (Å²) >= 11 is 2.00. The summed E-state index contributed by atoms with van der Waals surface area (Å²) in [5.41, 5.74) is 0.505. The summed E-state index contributed by atoms with van der Waals surface area (Å²) in [6.45, 7) is 0.767. The fourth-order valence-corrected chi connectivity index (χ4v) is 4.32. The molecule has 0 aliphatic carbocycles. The van der Waals surface area contributed by atoms with E-state index >= 15 is 0 Å². The van der Waals surface area contributed by atoms with E-state index in [1.54, 1.807) is 24.3 Å². The fourth-order valence-electron chi connectivity index (χ4n) is 3.09. The minimum absolute atomic E-state index is 0.0232. The van der Waals surface area contributed by atoms with Crippen LogP contribution in [0.3, 0.4) is 0 Å². The van der Waals surface area contributed by atoms with Gasteiger partial charge in [0.05, 0.1) is 12.2 Å². The van der Waals surface area contributed by atoms with E-state index in [-0.39, 0.29) is 11.7 Å². The van der Waals surface area contributed by atoms with E-state index in [1.807, 2.05) is 11.8 Å². The second-order valence-electron chi connectivity index (χ2n) is 5.82. The highest BCUT2D eigenvalue weighted by Gasteiger charge is 2.39. The Hall–Kier alpha value is -0.685. The molecular weight excluding hydrogens is 287 g/mol. The van der Waals surface area contributed by atoms with E-state index in [4.69, 9.17) is 19.5 Å². The maximum atomic E-state index is 9.10. The molecule has 6 heteroatoms. The van der Waals surface area contributed by atoms with Crippen molar-refractivity contribution >= 4 is 24.3 Å². The fraction of sp³-hybridized carbons (Fsp3) is 0.600. The van der Waals surface area contributed by atoms with Crippen LogP contribution >= 0.6 is 11.8 Å². The predicted molar refractivity (Wildman–Crippen MR) is 85.2 cm³/mol. The zero-order chi connectivity index (χ0) is 14.7. The Morgan fingerprint density at radius 2 is 1.90 bits per heavy atom. The van der Waals surface area contributed by atoms with Gasteiger partial charge in [0.2, 0.25) is 0 Å². The van der Waals surface area contributed by atoms with Gasteiger partial charge in [0, 0.05) is 12.8 Å². The summed E-state index contributed by atoms with van der Waals surface area (Å²) in [7, 11) is -1.43. The minimum atomic E-state index is -1.43. The zero-order valence-electron chi connectivity index (χ0n) is 12.0. The molecule has 2 saturated heterocycles. The highest BCUT2D eigenvalue weighted by molar-refractivity contribution is 7.99. The van der Waals surface area contributed by atoms with E-state index in [2.05, 4.69) is 0 Å². The number of benzene rings is 1. The first-order chi connectivity index (χ1) is 10.2. The van der Waals surface area contributed by atoms with Gasteiger partial charge in [0.25, 0.3) is 0 Å². The van der Waals surface area contributed by atoms with E-state index in [1.165, 1.54) is 11.5 Å². The second kappa shape index (κ2) is 6.61. The number of hydrogen-bond donors (Lipinski definition) is 2. The number of hydrogen-bond acceptors (Lipinski definition) is 5. The van der Waals surface area contributed by atoms with Gasteiger partial charge < -0.3 is 19.5 Å². The van der Waals surface area contributed by atoms with Crippen LogP contribution in [-0.4, -0.2) is 47.0 Å². The topological polar surface area (TPSA) is 58.9 Å². The molecule has 114 valence electrons. The van der Waals surface area contributed by atoms with Crippen molar-refractivity contribution in [3.05, 3.63) is 24.3 Å². The highest BCUT2D eigenvalue weighted by atomic mass is 32.2. The maximum Gasteiger partial charge on any atom is 0.488 e. The van der Waals surface area contributed by atoms with Gasteiger partial charge >= 0.3 is 7.12 Å². The minimum Gasteiger partial charge on any atom is -0.490 e. The predicted octanol–water partition coefficient (Wildman–Crippen LogP) is 1.19. The molecule has 2 heterocycles. The summed E-state index contributed by atoms with van der Waals surface area (Å²) in [6.07, 6.45) is 4.30. The van der Waals surface area contributed by atoms with Gasteiger partial charge in [0.15, 0.2) is 0 Å². The first-order valence-corrected chi connectivity index (χ1v) is 8.67. The van der Waals surface area contributed by atoms with Crippen molar-refractivity contribution in [1.82, 2.24) is 0 Å². The Balaban J connectivity index is 1.61. The van der Waals surface area contributed by atoms with Crippen molar-refractivity contribution in [3.63, 3.8) is 0 Å². The van der Waals surface area contributed by atoms with Crippen molar-refractivity contribution in [1.29, 1.82) is 0 Å². The SMILES string of the molecule is OB(O)c1ccc(OC2CCOC3(CCSCC3)C2)cc1. The van der Waals surface area contributed by atoms with E-state index in [9.17, 15) is 0 Å². The normalized spacial score (nSPS) is 24.8. The quantitative estimate of drug-likeness (QED) is 0.822. The zero-order valence-corrected chi connectivity index (χ0v) is 12.8. The number of thioether (sulfide) groups is 1. The standard InChI is InChI=1S/C15H21BO4S/c17-16(18)12-1-3-13(4-2-12)20-14-5-8-19-15(11-14)6-9-21-10-7-15/h1-4,14,17-18H,5-11H2. The Kier molecular flexibility index (Phi) is 4.79. The third-order valence-electron chi connectivity index (χ3n) is 4.33. The molecule has 1 aromatic rings. The molecule has 3 rings (SSSR count). The molecule has 2 aliphatic rings. The molecule has 2 N–H and O–H groups in total. The van der Waals surface area contributed by atoms with E-state index < -0.39 is 7.12 Å². The molecule has 1 unspecified atom stereocenters. The van der Waals surface area contributed by atoms with Crippen LogP contribution in [0.1, 0.15) is 25.7 Å². The molecule has 1 spiro atoms. The molecule has 1 atom stereocenters. The largest absolute Gasteiger partial charge is 0.490 e. The van der Waals surface area contributed by atoms with Crippen LogP contribution in [0, 0.1) is 0 Å². The molecule has 0 saturated carbocycles. The van der Waals surface area contributed by atoms with Crippen LogP contribution in [0.4, 0.5) is 0 Å². The monoisotopic (exact) mass is 308 g/mol. The van der Waals surface area contributed by atoms with Crippen LogP contribution < -0.4 is 10.2 Å².